The Balaban J connectivity index is 2.77. The summed E-state index contributed by atoms with van der Waals surface area (Å²) in [4.78, 5) is 43.7. The third-order valence-corrected chi connectivity index (χ3v) is 2.95. The first-order valence-corrected chi connectivity index (χ1v) is 6.88. The lowest BCUT2D eigenvalue weighted by Gasteiger charge is -2.26. The van der Waals surface area contributed by atoms with Crippen LogP contribution >= 0.6 is 0 Å². The summed E-state index contributed by atoms with van der Waals surface area (Å²) in [6, 6.07) is 0. The molecule has 1 heterocycles. The molecule has 1 aliphatic rings. The van der Waals surface area contributed by atoms with Crippen LogP contribution in [-0.2, 0) is 33.4 Å². The van der Waals surface area contributed by atoms with Gasteiger partial charge in [-0.3, -0.25) is 0 Å². The predicted molar refractivity (Wildman–Crippen MR) is 76.1 cm³/mol. The molecule has 138 valence electrons. The number of ether oxygens (including phenoxy) is 3. The van der Waals surface area contributed by atoms with Crippen LogP contribution in [0, 0.1) is 0 Å². The Kier molecular flexibility index (Phi) is 7.72. The summed E-state index contributed by atoms with van der Waals surface area (Å²) < 4.78 is 14.8. The van der Waals surface area contributed by atoms with Crippen molar-refractivity contribution in [3.8, 4) is 0 Å². The molecule has 1 rings (SSSR count). The van der Waals surface area contributed by atoms with E-state index < -0.39 is 54.9 Å². The Bertz CT molecular complexity index is 579. The Morgan fingerprint density at radius 2 is 1.60 bits per heavy atom. The second-order valence-electron chi connectivity index (χ2n) is 4.77. The van der Waals surface area contributed by atoms with Gasteiger partial charge in [0.2, 0.25) is 0 Å². The molecule has 4 N–H and O–H groups in total. The van der Waals surface area contributed by atoms with Crippen molar-refractivity contribution in [1.82, 2.24) is 0 Å². The second kappa shape index (κ2) is 9.52. The molecule has 1 fully saturated rings. The number of carbonyl (C=O) groups is 4. The number of carbonyl (C=O) groups excluding carboxylic acids is 2. The second-order valence-corrected chi connectivity index (χ2v) is 4.77. The van der Waals surface area contributed by atoms with Crippen molar-refractivity contribution in [2.45, 2.75) is 24.4 Å². The van der Waals surface area contributed by atoms with E-state index in [0.717, 1.165) is 0 Å². The molecule has 0 radical (unpaired) electrons. The Hall–Kier alpha value is -2.76. The summed E-state index contributed by atoms with van der Waals surface area (Å²) in [6.45, 7) is -1.05. The lowest BCUT2D eigenvalue weighted by atomic mass is 10.1. The van der Waals surface area contributed by atoms with Crippen molar-refractivity contribution in [3.05, 3.63) is 24.3 Å². The fourth-order valence-corrected chi connectivity index (χ4v) is 1.93. The standard InChI is InChI=1S/C14H16O11/c15-5-8(24-11(21)3-1-9(17)18)14-13(7(16)6-23-14)25-12(22)4-2-10(19)20/h1-4,7-8,13-16H,5-6H2,(H,17,18)(H,19,20)/t7-,8+,13+,14+/m0/s1. The molecule has 0 aromatic rings. The van der Waals surface area contributed by atoms with Gasteiger partial charge in [0.15, 0.2) is 12.2 Å². The third kappa shape index (κ3) is 6.71. The SMILES string of the molecule is O=C(O)C=CC(=O)O[C@H]1[C@@H]([C@@H](CO)OC(=O)C=CC(=O)O)OC[C@@H]1O. The molecule has 0 amide bonds. The summed E-state index contributed by atoms with van der Waals surface area (Å²) in [5.41, 5.74) is 0. The van der Waals surface area contributed by atoms with E-state index in [4.69, 9.17) is 24.4 Å². The average Bonchev–Trinajstić information content (AvgIpc) is 2.89. The van der Waals surface area contributed by atoms with Gasteiger partial charge in [0.05, 0.1) is 13.2 Å². The number of aliphatic hydroxyl groups excluding tert-OH is 2. The third-order valence-electron chi connectivity index (χ3n) is 2.95. The molecule has 1 saturated heterocycles. The molecule has 1 aliphatic heterocycles. The molecular weight excluding hydrogens is 344 g/mol. The minimum absolute atomic E-state index is 0.287. The van der Waals surface area contributed by atoms with Crippen molar-refractivity contribution in [2.24, 2.45) is 0 Å². The molecule has 0 saturated carbocycles. The first kappa shape index (κ1) is 20.3. The molecule has 11 heteroatoms. The molecule has 0 spiro atoms. The summed E-state index contributed by atoms with van der Waals surface area (Å²) in [5.74, 6) is -4.95. The van der Waals surface area contributed by atoms with Gasteiger partial charge in [-0.05, 0) is 0 Å². The number of carboxylic acids is 2. The van der Waals surface area contributed by atoms with Crippen LogP contribution in [0.25, 0.3) is 0 Å². The lowest BCUT2D eigenvalue weighted by molar-refractivity contribution is -0.165. The number of esters is 2. The fourth-order valence-electron chi connectivity index (χ4n) is 1.93. The van der Waals surface area contributed by atoms with Crippen LogP contribution in [-0.4, -0.2) is 81.9 Å². The van der Waals surface area contributed by atoms with E-state index in [2.05, 4.69) is 0 Å². The van der Waals surface area contributed by atoms with Gasteiger partial charge in [-0.25, -0.2) is 19.2 Å². The number of carboxylic acid groups (broad SMARTS) is 2. The van der Waals surface area contributed by atoms with Crippen LogP contribution in [0.3, 0.4) is 0 Å². The summed E-state index contributed by atoms with van der Waals surface area (Å²) in [5, 5.41) is 36.0. The fraction of sp³-hybridized carbons (Fsp3) is 0.429. The van der Waals surface area contributed by atoms with Crippen LogP contribution in [0.15, 0.2) is 24.3 Å². The highest BCUT2D eigenvalue weighted by atomic mass is 16.6. The van der Waals surface area contributed by atoms with Crippen molar-refractivity contribution >= 4 is 23.9 Å². The van der Waals surface area contributed by atoms with E-state index in [1.807, 2.05) is 0 Å². The smallest absolute Gasteiger partial charge is 0.331 e. The summed E-state index contributed by atoms with van der Waals surface area (Å²) in [6.07, 6.45) is -2.95. The van der Waals surface area contributed by atoms with Gasteiger partial charge >= 0.3 is 23.9 Å². The summed E-state index contributed by atoms with van der Waals surface area (Å²) >= 11 is 0. The van der Waals surface area contributed by atoms with Crippen molar-refractivity contribution < 1.29 is 53.8 Å². The maximum Gasteiger partial charge on any atom is 0.331 e. The van der Waals surface area contributed by atoms with Gasteiger partial charge in [0.25, 0.3) is 0 Å². The van der Waals surface area contributed by atoms with E-state index >= 15 is 0 Å². The van der Waals surface area contributed by atoms with Crippen molar-refractivity contribution in [1.29, 1.82) is 0 Å². The zero-order valence-corrected chi connectivity index (χ0v) is 12.7. The number of aliphatic carboxylic acids is 2. The molecule has 0 aromatic carbocycles. The minimum Gasteiger partial charge on any atom is -0.478 e. The predicted octanol–water partition coefficient (Wildman–Crippen LogP) is -2.16. The average molecular weight is 360 g/mol. The van der Waals surface area contributed by atoms with Crippen LogP contribution in [0.2, 0.25) is 0 Å². The number of aliphatic hydroxyl groups is 2. The molecule has 25 heavy (non-hydrogen) atoms. The summed E-state index contributed by atoms with van der Waals surface area (Å²) in [7, 11) is 0. The highest BCUT2D eigenvalue weighted by Gasteiger charge is 2.44. The van der Waals surface area contributed by atoms with Gasteiger partial charge in [0.1, 0.15) is 12.2 Å². The lowest BCUT2D eigenvalue weighted by Crippen LogP contribution is -2.45. The number of hydrogen-bond donors (Lipinski definition) is 4. The van der Waals surface area contributed by atoms with Gasteiger partial charge in [0, 0.05) is 24.3 Å². The first-order chi connectivity index (χ1) is 11.7. The molecule has 0 aromatic heterocycles. The van der Waals surface area contributed by atoms with E-state index in [0.29, 0.717) is 24.3 Å². The van der Waals surface area contributed by atoms with Crippen LogP contribution in [0.4, 0.5) is 0 Å². The number of hydrogen-bond acceptors (Lipinski definition) is 9. The van der Waals surface area contributed by atoms with Gasteiger partial charge < -0.3 is 34.6 Å². The van der Waals surface area contributed by atoms with Gasteiger partial charge in [-0.1, -0.05) is 0 Å². The van der Waals surface area contributed by atoms with E-state index in [1.54, 1.807) is 0 Å². The molecule has 11 nitrogen and oxygen atoms in total. The highest BCUT2D eigenvalue weighted by molar-refractivity contribution is 5.91. The maximum absolute atomic E-state index is 11.5. The topological polar surface area (TPSA) is 177 Å². The van der Waals surface area contributed by atoms with Crippen molar-refractivity contribution in [2.75, 3.05) is 13.2 Å². The zero-order valence-electron chi connectivity index (χ0n) is 12.7. The minimum atomic E-state index is -1.39. The van der Waals surface area contributed by atoms with Gasteiger partial charge in [-0.2, -0.15) is 0 Å². The van der Waals surface area contributed by atoms with Crippen LogP contribution < -0.4 is 0 Å². The van der Waals surface area contributed by atoms with Crippen LogP contribution in [0.1, 0.15) is 0 Å². The molecular formula is C14H16O11. The quantitative estimate of drug-likeness (QED) is 0.274. The molecule has 0 aliphatic carbocycles. The Labute approximate surface area is 140 Å². The molecule has 0 unspecified atom stereocenters. The number of rotatable bonds is 8. The van der Waals surface area contributed by atoms with E-state index in [1.165, 1.54) is 0 Å². The van der Waals surface area contributed by atoms with E-state index in [9.17, 15) is 29.4 Å². The largest absolute Gasteiger partial charge is 0.478 e. The molecule has 0 bridgehead atoms. The van der Waals surface area contributed by atoms with Crippen LogP contribution in [0.5, 0.6) is 0 Å². The normalized spacial score (nSPS) is 24.3. The monoisotopic (exact) mass is 360 g/mol. The Morgan fingerprint density at radius 1 is 1.04 bits per heavy atom. The maximum atomic E-state index is 11.5. The highest BCUT2D eigenvalue weighted by Crippen LogP contribution is 2.23. The Morgan fingerprint density at radius 3 is 2.12 bits per heavy atom. The first-order valence-electron chi connectivity index (χ1n) is 6.88. The molecule has 4 atom stereocenters. The van der Waals surface area contributed by atoms with Gasteiger partial charge in [-0.15, -0.1) is 0 Å². The zero-order chi connectivity index (χ0) is 19.0. The van der Waals surface area contributed by atoms with E-state index in [-0.39, 0.29) is 6.61 Å². The van der Waals surface area contributed by atoms with Crippen molar-refractivity contribution in [3.63, 3.8) is 0 Å².